The number of carbonyl (C=O) groups excluding carboxylic acids is 1. The van der Waals surface area contributed by atoms with Gasteiger partial charge < -0.3 is 10.2 Å². The molecule has 108 valence electrons. The number of benzene rings is 1. The van der Waals surface area contributed by atoms with Crippen molar-refractivity contribution in [1.29, 1.82) is 5.26 Å². The summed E-state index contributed by atoms with van der Waals surface area (Å²) in [4.78, 5) is 18.1. The number of fused-ring (bicyclic) bond motifs is 1. The largest absolute Gasteiger partial charge is 0.358 e. The van der Waals surface area contributed by atoms with E-state index in [0.29, 0.717) is 17.9 Å². The van der Waals surface area contributed by atoms with Gasteiger partial charge in [0, 0.05) is 19.0 Å². The van der Waals surface area contributed by atoms with Crippen molar-refractivity contribution in [2.24, 2.45) is 0 Å². The zero-order chi connectivity index (χ0) is 15.2. The zero-order valence-electron chi connectivity index (χ0n) is 12.3. The Morgan fingerprint density at radius 2 is 2.19 bits per heavy atom. The molecule has 0 atom stereocenters. The lowest BCUT2D eigenvalue weighted by Gasteiger charge is -2.22. The molecule has 1 N–H and O–H groups in total. The molecule has 2 rings (SSSR count). The molecule has 0 fully saturated rings. The second kappa shape index (κ2) is 6.71. The van der Waals surface area contributed by atoms with E-state index in [2.05, 4.69) is 16.4 Å². The normalized spacial score (nSPS) is 10.1. The number of para-hydroxylation sites is 1. The molecule has 0 aliphatic heterocycles. The van der Waals surface area contributed by atoms with Gasteiger partial charge in [0.1, 0.15) is 5.82 Å². The van der Waals surface area contributed by atoms with E-state index >= 15 is 0 Å². The molecule has 5 heteroatoms. The summed E-state index contributed by atoms with van der Waals surface area (Å²) >= 11 is 0. The molecule has 0 aliphatic carbocycles. The van der Waals surface area contributed by atoms with Gasteiger partial charge in [-0.2, -0.15) is 5.26 Å². The average Bonchev–Trinajstić information content (AvgIpc) is 2.53. The van der Waals surface area contributed by atoms with Gasteiger partial charge in [-0.1, -0.05) is 25.1 Å². The highest BCUT2D eigenvalue weighted by atomic mass is 16.1. The Balaban J connectivity index is 2.47. The number of nitrogens with one attached hydrogen (secondary N) is 1. The highest BCUT2D eigenvalue weighted by Crippen LogP contribution is 2.22. The van der Waals surface area contributed by atoms with Crippen molar-refractivity contribution >= 4 is 22.6 Å². The maximum atomic E-state index is 11.6. The van der Waals surface area contributed by atoms with Gasteiger partial charge in [-0.15, -0.1) is 0 Å². The molecule has 21 heavy (non-hydrogen) atoms. The molecule has 5 nitrogen and oxygen atoms in total. The Morgan fingerprint density at radius 1 is 1.43 bits per heavy atom. The molecule has 0 aliphatic rings. The lowest BCUT2D eigenvalue weighted by atomic mass is 10.1. The van der Waals surface area contributed by atoms with E-state index in [9.17, 15) is 10.1 Å². The number of amides is 1. The van der Waals surface area contributed by atoms with Crippen molar-refractivity contribution in [3.63, 3.8) is 0 Å². The van der Waals surface area contributed by atoms with Crippen LogP contribution in [0.5, 0.6) is 0 Å². The Morgan fingerprint density at radius 3 is 2.86 bits per heavy atom. The number of rotatable bonds is 5. The first-order valence-electron chi connectivity index (χ1n) is 6.95. The first-order valence-corrected chi connectivity index (χ1v) is 6.95. The number of nitriles is 1. The monoisotopic (exact) mass is 282 g/mol. The lowest BCUT2D eigenvalue weighted by Crippen LogP contribution is -2.36. The van der Waals surface area contributed by atoms with Crippen LogP contribution in [-0.4, -0.2) is 31.0 Å². The molecule has 0 saturated heterocycles. The van der Waals surface area contributed by atoms with Gasteiger partial charge in [0.2, 0.25) is 5.91 Å². The predicted molar refractivity (Wildman–Crippen MR) is 83.0 cm³/mol. The second-order valence-electron chi connectivity index (χ2n) is 4.75. The summed E-state index contributed by atoms with van der Waals surface area (Å²) in [5.74, 6) is 0.590. The van der Waals surface area contributed by atoms with Crippen LogP contribution in [0.2, 0.25) is 0 Å². The van der Waals surface area contributed by atoms with Crippen molar-refractivity contribution in [2.75, 3.05) is 25.0 Å². The zero-order valence-corrected chi connectivity index (χ0v) is 12.3. The first-order chi connectivity index (χ1) is 10.2. The minimum Gasteiger partial charge on any atom is -0.358 e. The van der Waals surface area contributed by atoms with Crippen LogP contribution >= 0.6 is 0 Å². The van der Waals surface area contributed by atoms with Crippen molar-refractivity contribution in [1.82, 2.24) is 10.3 Å². The van der Waals surface area contributed by atoms with Gasteiger partial charge >= 0.3 is 0 Å². The molecule has 0 unspecified atom stereocenters. The van der Waals surface area contributed by atoms with E-state index in [1.807, 2.05) is 36.1 Å². The van der Waals surface area contributed by atoms with Crippen LogP contribution in [0.4, 0.5) is 5.82 Å². The summed E-state index contributed by atoms with van der Waals surface area (Å²) in [6.45, 7) is 2.99. The van der Waals surface area contributed by atoms with Crippen LogP contribution in [0.1, 0.15) is 18.9 Å². The third kappa shape index (κ3) is 3.29. The highest BCUT2D eigenvalue weighted by molar-refractivity contribution is 5.87. The summed E-state index contributed by atoms with van der Waals surface area (Å²) in [6, 6.07) is 11.5. The highest BCUT2D eigenvalue weighted by Gasteiger charge is 2.14. The molecule has 1 amide bonds. The van der Waals surface area contributed by atoms with E-state index in [-0.39, 0.29) is 12.5 Å². The van der Waals surface area contributed by atoms with Crippen LogP contribution in [0.25, 0.3) is 10.9 Å². The van der Waals surface area contributed by atoms with E-state index in [4.69, 9.17) is 0 Å². The van der Waals surface area contributed by atoms with Crippen LogP contribution in [-0.2, 0) is 4.79 Å². The van der Waals surface area contributed by atoms with Gasteiger partial charge in [-0.3, -0.25) is 4.79 Å². The number of nitrogens with zero attached hydrogens (tertiary/aromatic N) is 3. The Labute approximate surface area is 124 Å². The molecule has 1 aromatic carbocycles. The SMILES string of the molecule is CCCN(CC(=O)NC)c1cc(C#N)c2ccccc2n1. The molecule has 1 heterocycles. The fourth-order valence-electron chi connectivity index (χ4n) is 2.21. The molecular formula is C16H18N4O. The smallest absolute Gasteiger partial charge is 0.239 e. The third-order valence-corrected chi connectivity index (χ3v) is 3.25. The van der Waals surface area contributed by atoms with Gasteiger partial charge in [0.15, 0.2) is 0 Å². The van der Waals surface area contributed by atoms with E-state index in [0.717, 1.165) is 17.3 Å². The topological polar surface area (TPSA) is 69.0 Å². The Kier molecular flexibility index (Phi) is 4.72. The van der Waals surface area contributed by atoms with Crippen molar-refractivity contribution in [3.05, 3.63) is 35.9 Å². The minimum absolute atomic E-state index is 0.0723. The van der Waals surface area contributed by atoms with E-state index in [1.54, 1.807) is 13.1 Å². The van der Waals surface area contributed by atoms with Crippen LogP contribution in [0.15, 0.2) is 30.3 Å². The van der Waals surface area contributed by atoms with Crippen LogP contribution < -0.4 is 10.2 Å². The Bertz CT molecular complexity index is 690. The fraction of sp³-hybridized carbons (Fsp3) is 0.312. The number of hydrogen-bond donors (Lipinski definition) is 1. The van der Waals surface area contributed by atoms with Gasteiger partial charge in [-0.25, -0.2) is 4.98 Å². The summed E-state index contributed by atoms with van der Waals surface area (Å²) < 4.78 is 0. The van der Waals surface area contributed by atoms with Crippen LogP contribution in [0, 0.1) is 11.3 Å². The van der Waals surface area contributed by atoms with E-state index in [1.165, 1.54) is 0 Å². The molecule has 2 aromatic rings. The Hall–Kier alpha value is -2.61. The molecule has 0 radical (unpaired) electrons. The number of carbonyl (C=O) groups is 1. The summed E-state index contributed by atoms with van der Waals surface area (Å²) in [5.41, 5.74) is 1.35. The molecule has 0 spiro atoms. The second-order valence-corrected chi connectivity index (χ2v) is 4.75. The van der Waals surface area contributed by atoms with E-state index < -0.39 is 0 Å². The number of aromatic nitrogens is 1. The number of anilines is 1. The van der Waals surface area contributed by atoms with Crippen molar-refractivity contribution in [2.45, 2.75) is 13.3 Å². The molecule has 0 saturated carbocycles. The molecule has 1 aromatic heterocycles. The third-order valence-electron chi connectivity index (χ3n) is 3.25. The maximum Gasteiger partial charge on any atom is 0.239 e. The fourth-order valence-corrected chi connectivity index (χ4v) is 2.21. The number of hydrogen-bond acceptors (Lipinski definition) is 4. The van der Waals surface area contributed by atoms with Crippen molar-refractivity contribution < 1.29 is 4.79 Å². The maximum absolute atomic E-state index is 11.6. The average molecular weight is 282 g/mol. The summed E-state index contributed by atoms with van der Waals surface area (Å²) in [6.07, 6.45) is 0.896. The molecular weight excluding hydrogens is 264 g/mol. The standard InChI is InChI=1S/C16H18N4O/c1-3-8-20(11-16(21)18-2)15-9-12(10-17)13-6-4-5-7-14(13)19-15/h4-7,9H,3,8,11H2,1-2H3,(H,18,21). The lowest BCUT2D eigenvalue weighted by molar-refractivity contribution is -0.119. The quantitative estimate of drug-likeness (QED) is 0.911. The number of likely N-dealkylation sites (N-methyl/N-ethyl adjacent to an activating group) is 1. The van der Waals surface area contributed by atoms with Crippen molar-refractivity contribution in [3.8, 4) is 6.07 Å². The molecule has 0 bridgehead atoms. The summed E-state index contributed by atoms with van der Waals surface area (Å²) in [7, 11) is 1.61. The van der Waals surface area contributed by atoms with Crippen LogP contribution in [0.3, 0.4) is 0 Å². The minimum atomic E-state index is -0.0723. The van der Waals surface area contributed by atoms with Gasteiger partial charge in [0.05, 0.1) is 23.7 Å². The number of pyridine rings is 1. The first kappa shape index (κ1) is 14.8. The predicted octanol–water partition coefficient (Wildman–Crippen LogP) is 2.07. The van der Waals surface area contributed by atoms with Gasteiger partial charge in [-0.05, 0) is 18.6 Å². The van der Waals surface area contributed by atoms with Gasteiger partial charge in [0.25, 0.3) is 0 Å². The summed E-state index contributed by atoms with van der Waals surface area (Å²) in [5, 5.41) is 12.8.